The average Bonchev–Trinajstić information content (AvgIpc) is 2.37. The molecular weight excluding hydrogens is 309 g/mol. The fraction of sp³-hybridized carbons (Fsp3) is 0.400. The standard InChI is InChI=1S/C15H19Cl2N3O/c1-8(2)20-7-11(19-9(3)15(20)21)6-12-13(16)4-10(18)5-14(12)17/h4-5,7-9,19H,6,18H2,1-3H3. The molecule has 0 bridgehead atoms. The van der Waals surface area contributed by atoms with Crippen LogP contribution in [0.1, 0.15) is 26.3 Å². The Morgan fingerprint density at radius 3 is 2.43 bits per heavy atom. The van der Waals surface area contributed by atoms with Crippen LogP contribution >= 0.6 is 23.2 Å². The van der Waals surface area contributed by atoms with E-state index in [0.717, 1.165) is 11.3 Å². The number of allylic oxidation sites excluding steroid dienone is 1. The number of anilines is 1. The van der Waals surface area contributed by atoms with E-state index in [1.165, 1.54) is 0 Å². The van der Waals surface area contributed by atoms with E-state index in [1.54, 1.807) is 17.0 Å². The summed E-state index contributed by atoms with van der Waals surface area (Å²) < 4.78 is 0. The van der Waals surface area contributed by atoms with Gasteiger partial charge < -0.3 is 16.0 Å². The molecule has 1 heterocycles. The first-order chi connectivity index (χ1) is 9.79. The molecule has 114 valence electrons. The SMILES string of the molecule is CC1NC(Cc2c(Cl)cc(N)cc2Cl)=CN(C(C)C)C1=O. The van der Waals surface area contributed by atoms with Gasteiger partial charge in [0.2, 0.25) is 5.91 Å². The van der Waals surface area contributed by atoms with E-state index in [2.05, 4.69) is 5.32 Å². The number of halogens is 2. The molecule has 0 spiro atoms. The number of carbonyl (C=O) groups excluding carboxylic acids is 1. The highest BCUT2D eigenvalue weighted by molar-refractivity contribution is 6.36. The van der Waals surface area contributed by atoms with E-state index in [4.69, 9.17) is 28.9 Å². The number of nitrogens with zero attached hydrogens (tertiary/aromatic N) is 1. The van der Waals surface area contributed by atoms with Gasteiger partial charge in [0.05, 0.1) is 0 Å². The fourth-order valence-electron chi connectivity index (χ4n) is 2.31. The summed E-state index contributed by atoms with van der Waals surface area (Å²) in [6.07, 6.45) is 2.36. The Balaban J connectivity index is 2.31. The van der Waals surface area contributed by atoms with Crippen molar-refractivity contribution in [1.29, 1.82) is 0 Å². The summed E-state index contributed by atoms with van der Waals surface area (Å²) in [5.74, 6) is 0.0586. The predicted molar refractivity (Wildman–Crippen MR) is 87.2 cm³/mol. The first kappa shape index (κ1) is 16.0. The molecule has 0 aliphatic carbocycles. The van der Waals surface area contributed by atoms with Crippen LogP contribution in [0.5, 0.6) is 0 Å². The molecule has 1 aliphatic rings. The summed E-state index contributed by atoms with van der Waals surface area (Å²) in [6, 6.07) is 3.20. The van der Waals surface area contributed by atoms with E-state index in [1.807, 2.05) is 27.0 Å². The molecule has 3 N–H and O–H groups in total. The van der Waals surface area contributed by atoms with Crippen LogP contribution < -0.4 is 11.1 Å². The Morgan fingerprint density at radius 2 is 1.90 bits per heavy atom. The van der Waals surface area contributed by atoms with Crippen LogP contribution in [0.3, 0.4) is 0 Å². The van der Waals surface area contributed by atoms with Gasteiger partial charge in [0.15, 0.2) is 0 Å². The maximum Gasteiger partial charge on any atom is 0.248 e. The molecule has 1 aromatic carbocycles. The monoisotopic (exact) mass is 327 g/mol. The highest BCUT2D eigenvalue weighted by atomic mass is 35.5. The maximum absolute atomic E-state index is 12.1. The maximum atomic E-state index is 12.1. The quantitative estimate of drug-likeness (QED) is 0.838. The number of nitrogens with one attached hydrogen (secondary N) is 1. The number of carbonyl (C=O) groups is 1. The van der Waals surface area contributed by atoms with Gasteiger partial charge in [0.25, 0.3) is 0 Å². The lowest BCUT2D eigenvalue weighted by molar-refractivity contribution is -0.132. The van der Waals surface area contributed by atoms with Crippen LogP contribution in [-0.4, -0.2) is 22.9 Å². The van der Waals surface area contributed by atoms with Crippen LogP contribution in [0, 0.1) is 0 Å². The smallest absolute Gasteiger partial charge is 0.248 e. The van der Waals surface area contributed by atoms with Gasteiger partial charge in [0.1, 0.15) is 6.04 Å². The molecule has 0 radical (unpaired) electrons. The molecule has 4 nitrogen and oxygen atoms in total. The van der Waals surface area contributed by atoms with Crippen LogP contribution in [0.15, 0.2) is 24.0 Å². The third-order valence-corrected chi connectivity index (χ3v) is 4.08. The Morgan fingerprint density at radius 1 is 1.33 bits per heavy atom. The largest absolute Gasteiger partial charge is 0.399 e. The summed E-state index contributed by atoms with van der Waals surface area (Å²) >= 11 is 12.4. The summed E-state index contributed by atoms with van der Waals surface area (Å²) in [5.41, 5.74) is 7.95. The molecule has 0 saturated heterocycles. The first-order valence-corrected chi connectivity index (χ1v) is 7.58. The lowest BCUT2D eigenvalue weighted by atomic mass is 10.1. The zero-order valence-electron chi connectivity index (χ0n) is 12.3. The van der Waals surface area contributed by atoms with Gasteiger partial charge in [-0.3, -0.25) is 4.79 Å². The molecule has 6 heteroatoms. The fourth-order valence-corrected chi connectivity index (χ4v) is 2.95. The van der Waals surface area contributed by atoms with E-state index in [0.29, 0.717) is 22.2 Å². The number of nitrogen functional groups attached to an aromatic ring is 1. The third-order valence-electron chi connectivity index (χ3n) is 3.41. The zero-order chi connectivity index (χ0) is 15.7. The molecule has 2 rings (SSSR count). The van der Waals surface area contributed by atoms with Crippen molar-refractivity contribution in [2.75, 3.05) is 5.73 Å². The lowest BCUT2D eigenvalue weighted by Crippen LogP contribution is -2.49. The van der Waals surface area contributed by atoms with Gasteiger partial charge >= 0.3 is 0 Å². The Labute approximate surface area is 134 Å². The molecule has 1 aromatic rings. The molecule has 0 saturated carbocycles. The minimum Gasteiger partial charge on any atom is -0.399 e. The minimum absolute atomic E-state index is 0.0586. The van der Waals surface area contributed by atoms with E-state index < -0.39 is 0 Å². The van der Waals surface area contributed by atoms with Crippen molar-refractivity contribution < 1.29 is 4.79 Å². The second-order valence-corrected chi connectivity index (χ2v) is 6.31. The van der Waals surface area contributed by atoms with Gasteiger partial charge in [-0.15, -0.1) is 0 Å². The normalized spacial score (nSPS) is 18.8. The molecular formula is C15H19Cl2N3O. The van der Waals surface area contributed by atoms with Crippen LogP contribution in [-0.2, 0) is 11.2 Å². The Kier molecular flexibility index (Phi) is 4.69. The second-order valence-electron chi connectivity index (χ2n) is 5.50. The molecule has 0 aromatic heterocycles. The van der Waals surface area contributed by atoms with Crippen molar-refractivity contribution in [3.05, 3.63) is 39.6 Å². The van der Waals surface area contributed by atoms with Gasteiger partial charge in [0, 0.05) is 40.1 Å². The van der Waals surface area contributed by atoms with Crippen molar-refractivity contribution in [3.8, 4) is 0 Å². The molecule has 21 heavy (non-hydrogen) atoms. The topological polar surface area (TPSA) is 58.4 Å². The number of hydrogen-bond donors (Lipinski definition) is 2. The van der Waals surface area contributed by atoms with Crippen molar-refractivity contribution >= 4 is 34.8 Å². The van der Waals surface area contributed by atoms with Gasteiger partial charge in [-0.05, 0) is 38.5 Å². The van der Waals surface area contributed by atoms with Crippen molar-refractivity contribution in [1.82, 2.24) is 10.2 Å². The highest BCUT2D eigenvalue weighted by Crippen LogP contribution is 2.30. The molecule has 1 amide bonds. The van der Waals surface area contributed by atoms with Gasteiger partial charge in [-0.2, -0.15) is 0 Å². The van der Waals surface area contributed by atoms with E-state index in [9.17, 15) is 4.79 Å². The summed E-state index contributed by atoms with van der Waals surface area (Å²) in [7, 11) is 0. The zero-order valence-corrected chi connectivity index (χ0v) is 13.8. The molecule has 1 aliphatic heterocycles. The average molecular weight is 328 g/mol. The number of hydrogen-bond acceptors (Lipinski definition) is 3. The van der Waals surface area contributed by atoms with Crippen molar-refractivity contribution in [2.24, 2.45) is 0 Å². The van der Waals surface area contributed by atoms with E-state index in [-0.39, 0.29) is 18.0 Å². The second kappa shape index (κ2) is 6.16. The third kappa shape index (κ3) is 3.44. The van der Waals surface area contributed by atoms with Crippen LogP contribution in [0.2, 0.25) is 10.0 Å². The molecule has 1 atom stereocenters. The Bertz CT molecular complexity index is 576. The summed E-state index contributed by atoms with van der Waals surface area (Å²) in [4.78, 5) is 13.8. The predicted octanol–water partition coefficient (Wildman–Crippen LogP) is 3.19. The minimum atomic E-state index is -0.265. The molecule has 0 fully saturated rings. The lowest BCUT2D eigenvalue weighted by Gasteiger charge is -2.33. The van der Waals surface area contributed by atoms with Crippen LogP contribution in [0.4, 0.5) is 5.69 Å². The Hall–Kier alpha value is -1.39. The highest BCUT2D eigenvalue weighted by Gasteiger charge is 2.27. The summed E-state index contributed by atoms with van der Waals surface area (Å²) in [5, 5.41) is 4.25. The van der Waals surface area contributed by atoms with Gasteiger partial charge in [-0.1, -0.05) is 23.2 Å². The number of benzene rings is 1. The van der Waals surface area contributed by atoms with E-state index >= 15 is 0 Å². The first-order valence-electron chi connectivity index (χ1n) is 6.82. The number of amides is 1. The summed E-state index contributed by atoms with van der Waals surface area (Å²) in [6.45, 7) is 5.80. The van der Waals surface area contributed by atoms with Crippen molar-refractivity contribution in [2.45, 2.75) is 39.3 Å². The number of nitrogens with two attached hydrogens (primary N) is 1. The number of rotatable bonds is 3. The van der Waals surface area contributed by atoms with Gasteiger partial charge in [-0.25, -0.2) is 0 Å². The molecule has 1 unspecified atom stereocenters. The van der Waals surface area contributed by atoms with Crippen LogP contribution in [0.25, 0.3) is 0 Å². The van der Waals surface area contributed by atoms with Crippen molar-refractivity contribution in [3.63, 3.8) is 0 Å².